The highest BCUT2D eigenvalue weighted by atomic mass is 16.1. The molecule has 1 aliphatic heterocycles. The highest BCUT2D eigenvalue weighted by Crippen LogP contribution is 2.31. The first-order chi connectivity index (χ1) is 16.5. The van der Waals surface area contributed by atoms with E-state index in [9.17, 15) is 4.79 Å². The molecule has 1 saturated heterocycles. The molecule has 5 rings (SSSR count). The van der Waals surface area contributed by atoms with E-state index in [4.69, 9.17) is 15.8 Å². The maximum absolute atomic E-state index is 12.8. The average molecular weight is 461 g/mol. The largest absolute Gasteiger partial charge is 0.354 e. The number of benzene rings is 1. The Hall–Kier alpha value is -2.93. The van der Waals surface area contributed by atoms with E-state index >= 15 is 0 Å². The number of fused-ring (bicyclic) bond motifs is 2. The Balaban J connectivity index is 1.12. The third-order valence-electron chi connectivity index (χ3n) is 7.50. The fourth-order valence-electron chi connectivity index (χ4n) is 5.65. The molecule has 2 unspecified atom stereocenters. The fourth-order valence-corrected chi connectivity index (χ4v) is 5.65. The number of nitrogen functional groups attached to an aromatic ring is 1. The van der Waals surface area contributed by atoms with Gasteiger partial charge in [0.15, 0.2) is 0 Å². The van der Waals surface area contributed by atoms with Crippen molar-refractivity contribution in [1.82, 2.24) is 19.5 Å². The van der Waals surface area contributed by atoms with Gasteiger partial charge in [0, 0.05) is 43.5 Å². The molecule has 3 heterocycles. The van der Waals surface area contributed by atoms with E-state index in [1.165, 1.54) is 10.1 Å². The van der Waals surface area contributed by atoms with Crippen LogP contribution in [0, 0.1) is 5.92 Å². The minimum Gasteiger partial charge on any atom is -0.354 e. The van der Waals surface area contributed by atoms with Crippen molar-refractivity contribution in [2.75, 3.05) is 43.5 Å². The molecular weight excluding hydrogens is 424 g/mol. The number of unbranched alkanes of at least 4 members (excludes halogenated alkanes) is 1. The van der Waals surface area contributed by atoms with Gasteiger partial charge in [0.2, 0.25) is 0 Å². The summed E-state index contributed by atoms with van der Waals surface area (Å²) in [5, 5.41) is 1.19. The van der Waals surface area contributed by atoms with Crippen LogP contribution in [0.4, 0.5) is 5.82 Å². The lowest BCUT2D eigenvalue weighted by molar-refractivity contribution is 0.252. The van der Waals surface area contributed by atoms with Gasteiger partial charge in [0.05, 0.1) is 11.2 Å². The van der Waals surface area contributed by atoms with Crippen molar-refractivity contribution in [3.05, 3.63) is 63.8 Å². The molecule has 1 aliphatic carbocycles. The molecule has 2 N–H and O–H groups in total. The number of nitrogens with zero attached hydrogens (tertiary/aromatic N) is 5. The number of nitrogens with two attached hydrogens (primary N) is 1. The molecule has 0 saturated carbocycles. The molecule has 2 aromatic heterocycles. The van der Waals surface area contributed by atoms with Crippen LogP contribution in [0.5, 0.6) is 0 Å². The minimum absolute atomic E-state index is 0.0437. The Morgan fingerprint density at radius 1 is 1.00 bits per heavy atom. The van der Waals surface area contributed by atoms with E-state index in [1.807, 2.05) is 6.07 Å². The Bertz CT molecular complexity index is 1210. The van der Waals surface area contributed by atoms with E-state index in [2.05, 4.69) is 54.0 Å². The highest BCUT2D eigenvalue weighted by Gasteiger charge is 2.27. The Labute approximate surface area is 201 Å². The van der Waals surface area contributed by atoms with E-state index < -0.39 is 0 Å². The van der Waals surface area contributed by atoms with Gasteiger partial charge < -0.3 is 10.7 Å². The number of anilines is 1. The summed E-state index contributed by atoms with van der Waals surface area (Å²) in [6.07, 6.45) is 4.74. The summed E-state index contributed by atoms with van der Waals surface area (Å²) >= 11 is 0. The van der Waals surface area contributed by atoms with E-state index in [0.29, 0.717) is 5.92 Å². The van der Waals surface area contributed by atoms with Gasteiger partial charge in [-0.2, -0.15) is 0 Å². The first-order valence-electron chi connectivity index (χ1n) is 12.7. The number of pyridine rings is 1. The van der Waals surface area contributed by atoms with Crippen molar-refractivity contribution in [2.45, 2.75) is 51.9 Å². The number of hydrogen-bond acceptors (Lipinski definition) is 6. The Morgan fingerprint density at radius 2 is 1.79 bits per heavy atom. The van der Waals surface area contributed by atoms with Crippen LogP contribution in [0.25, 0.3) is 10.9 Å². The maximum atomic E-state index is 12.8. The summed E-state index contributed by atoms with van der Waals surface area (Å²) < 4.78 is 1.31. The molecule has 0 amide bonds. The zero-order valence-corrected chi connectivity index (χ0v) is 20.4. The minimum atomic E-state index is -0.0437. The second-order valence-corrected chi connectivity index (χ2v) is 10.2. The van der Waals surface area contributed by atoms with Crippen molar-refractivity contribution >= 4 is 16.7 Å². The third-order valence-corrected chi connectivity index (χ3v) is 7.50. The Morgan fingerprint density at radius 3 is 2.62 bits per heavy atom. The van der Waals surface area contributed by atoms with Gasteiger partial charge in [-0.05, 0) is 62.3 Å². The molecule has 1 aromatic carbocycles. The van der Waals surface area contributed by atoms with Crippen LogP contribution < -0.4 is 16.3 Å². The smallest absolute Gasteiger partial charge is 0.275 e. The summed E-state index contributed by atoms with van der Waals surface area (Å²) in [7, 11) is 0. The van der Waals surface area contributed by atoms with E-state index in [1.54, 1.807) is 0 Å². The van der Waals surface area contributed by atoms with Gasteiger partial charge in [-0.25, -0.2) is 14.6 Å². The third kappa shape index (κ3) is 4.67. The van der Waals surface area contributed by atoms with Crippen LogP contribution in [-0.4, -0.2) is 52.3 Å². The topological polar surface area (TPSA) is 80.3 Å². The summed E-state index contributed by atoms with van der Waals surface area (Å²) in [5.41, 5.74) is 2.83. The first-order valence-corrected chi connectivity index (χ1v) is 12.7. The molecule has 0 radical (unpaired) electrons. The monoisotopic (exact) mass is 460 g/mol. The summed E-state index contributed by atoms with van der Waals surface area (Å²) in [6.45, 7) is 9.50. The molecule has 34 heavy (non-hydrogen) atoms. The fraction of sp³-hybridized carbons (Fsp3) is 0.519. The summed E-state index contributed by atoms with van der Waals surface area (Å²) in [5.74, 6) is 8.77. The second-order valence-electron chi connectivity index (χ2n) is 10.2. The number of aryl methyl sites for hydroxylation is 1. The van der Waals surface area contributed by atoms with Gasteiger partial charge >= 0.3 is 0 Å². The van der Waals surface area contributed by atoms with Crippen molar-refractivity contribution in [1.29, 1.82) is 0 Å². The summed E-state index contributed by atoms with van der Waals surface area (Å²) in [6, 6.07) is 12.6. The van der Waals surface area contributed by atoms with Crippen LogP contribution in [0.2, 0.25) is 0 Å². The lowest BCUT2D eigenvalue weighted by Gasteiger charge is -2.35. The number of rotatable bonds is 6. The SMILES string of the molecule is CC1Cc2nc(CCCCN3CCN(c4ccc5ccccc5n4)CC3)n(N)c(=O)c2C(C)C1. The molecule has 2 aliphatic rings. The predicted molar refractivity (Wildman–Crippen MR) is 138 cm³/mol. The van der Waals surface area contributed by atoms with Crippen molar-refractivity contribution < 1.29 is 0 Å². The molecule has 0 spiro atoms. The molecule has 0 bridgehead atoms. The molecule has 3 aromatic rings. The predicted octanol–water partition coefficient (Wildman–Crippen LogP) is 3.34. The van der Waals surface area contributed by atoms with Gasteiger partial charge in [0.1, 0.15) is 11.6 Å². The van der Waals surface area contributed by atoms with Crippen molar-refractivity contribution in [2.24, 2.45) is 5.92 Å². The molecule has 180 valence electrons. The zero-order valence-electron chi connectivity index (χ0n) is 20.4. The lowest BCUT2D eigenvalue weighted by Crippen LogP contribution is -2.46. The highest BCUT2D eigenvalue weighted by molar-refractivity contribution is 5.80. The molecule has 1 fully saturated rings. The first kappa shape index (κ1) is 22.8. The van der Waals surface area contributed by atoms with Crippen LogP contribution in [0.15, 0.2) is 41.2 Å². The molecule has 7 heteroatoms. The van der Waals surface area contributed by atoms with Gasteiger partial charge in [0.25, 0.3) is 5.56 Å². The lowest BCUT2D eigenvalue weighted by atomic mass is 9.81. The van der Waals surface area contributed by atoms with Crippen LogP contribution in [-0.2, 0) is 12.8 Å². The quantitative estimate of drug-likeness (QED) is 0.449. The maximum Gasteiger partial charge on any atom is 0.275 e. The van der Waals surface area contributed by atoms with Crippen molar-refractivity contribution in [3.63, 3.8) is 0 Å². The van der Waals surface area contributed by atoms with Crippen LogP contribution >= 0.6 is 0 Å². The molecule has 2 atom stereocenters. The molecule has 7 nitrogen and oxygen atoms in total. The van der Waals surface area contributed by atoms with Gasteiger partial charge in [-0.1, -0.05) is 32.0 Å². The Kier molecular flexibility index (Phi) is 6.55. The van der Waals surface area contributed by atoms with E-state index in [0.717, 1.165) is 93.2 Å². The van der Waals surface area contributed by atoms with Crippen LogP contribution in [0.3, 0.4) is 0 Å². The van der Waals surface area contributed by atoms with Gasteiger partial charge in [-0.15, -0.1) is 0 Å². The molecular formula is C27H36N6O. The number of para-hydroxylation sites is 1. The standard InChI is InChI=1S/C27H36N6O/c1-19-17-20(2)26-23(18-19)30-25(33(28)27(26)34)9-5-6-12-31-13-15-32(16-14-31)24-11-10-21-7-3-4-8-22(21)29-24/h3-4,7-8,10-11,19-20H,5-6,9,12-18,28H2,1-2H3. The second kappa shape index (κ2) is 9.74. The van der Waals surface area contributed by atoms with Crippen molar-refractivity contribution in [3.8, 4) is 0 Å². The zero-order chi connectivity index (χ0) is 23.7. The number of aromatic nitrogens is 3. The number of piperazine rings is 1. The van der Waals surface area contributed by atoms with Crippen LogP contribution in [0.1, 0.15) is 56.1 Å². The van der Waals surface area contributed by atoms with E-state index in [-0.39, 0.29) is 11.5 Å². The normalized spacial score (nSPS) is 21.1. The average Bonchev–Trinajstić information content (AvgIpc) is 2.84. The number of hydrogen-bond donors (Lipinski definition) is 1. The van der Waals surface area contributed by atoms with Gasteiger partial charge in [-0.3, -0.25) is 9.69 Å². The summed E-state index contributed by atoms with van der Waals surface area (Å²) in [4.78, 5) is 27.4.